The molecule has 3 aromatic carbocycles. The summed E-state index contributed by atoms with van der Waals surface area (Å²) < 4.78 is 24.9. The third-order valence-electron chi connectivity index (χ3n) is 4.05. The van der Waals surface area contributed by atoms with Crippen LogP contribution in [0.2, 0.25) is 5.02 Å². The molecule has 3 aromatic rings. The maximum absolute atomic E-state index is 13.8. The molecule has 0 spiro atoms. The molecule has 0 radical (unpaired) electrons. The van der Waals surface area contributed by atoms with Gasteiger partial charge in [0.2, 0.25) is 0 Å². The molecule has 5 heteroatoms. The van der Waals surface area contributed by atoms with Crippen LogP contribution < -0.4 is 9.47 Å². The largest absolute Gasteiger partial charge is 0.493 e. The lowest BCUT2D eigenvalue weighted by molar-refractivity contribution is 0.280. The van der Waals surface area contributed by atoms with Crippen LogP contribution in [-0.2, 0) is 6.61 Å². The van der Waals surface area contributed by atoms with Crippen LogP contribution in [0.1, 0.15) is 16.7 Å². The molecule has 0 saturated carbocycles. The minimum Gasteiger partial charge on any atom is -0.493 e. The molecule has 0 heterocycles. The van der Waals surface area contributed by atoms with Gasteiger partial charge in [-0.25, -0.2) is 4.39 Å². The van der Waals surface area contributed by atoms with Gasteiger partial charge in [0.05, 0.1) is 17.8 Å². The molecule has 3 rings (SSSR count). The van der Waals surface area contributed by atoms with Gasteiger partial charge in [0.1, 0.15) is 12.4 Å². The van der Waals surface area contributed by atoms with Crippen molar-refractivity contribution < 1.29 is 13.9 Å². The van der Waals surface area contributed by atoms with Crippen LogP contribution in [0.3, 0.4) is 0 Å². The number of nitrogens with zero attached hydrogens (tertiary/aromatic N) is 1. The minimum atomic E-state index is -0.324. The number of ether oxygens (including phenoxy) is 2. The molecule has 0 aliphatic heterocycles. The summed E-state index contributed by atoms with van der Waals surface area (Å²) in [5.74, 6) is 0.509. The first-order chi connectivity index (χ1) is 13.1. The maximum Gasteiger partial charge on any atom is 0.180 e. The van der Waals surface area contributed by atoms with Crippen LogP contribution in [0.4, 0.5) is 10.1 Å². The quantitative estimate of drug-likeness (QED) is 0.479. The molecule has 0 fully saturated rings. The molecular weight excluding hydrogens is 365 g/mol. The number of aryl methyl sites for hydroxylation is 1. The first-order valence-electron chi connectivity index (χ1n) is 8.42. The van der Waals surface area contributed by atoms with E-state index in [1.54, 1.807) is 36.5 Å². The van der Waals surface area contributed by atoms with Crippen molar-refractivity contribution in [2.24, 2.45) is 4.99 Å². The Hall–Kier alpha value is -2.85. The molecule has 0 aliphatic carbocycles. The second kappa shape index (κ2) is 8.69. The van der Waals surface area contributed by atoms with E-state index in [1.807, 2.05) is 31.2 Å². The van der Waals surface area contributed by atoms with Crippen molar-refractivity contribution in [3.63, 3.8) is 0 Å². The van der Waals surface area contributed by atoms with Gasteiger partial charge in [0, 0.05) is 11.8 Å². The Morgan fingerprint density at radius 3 is 2.56 bits per heavy atom. The van der Waals surface area contributed by atoms with E-state index in [0.29, 0.717) is 22.1 Å². The molecule has 27 heavy (non-hydrogen) atoms. The van der Waals surface area contributed by atoms with Gasteiger partial charge in [-0.1, -0.05) is 48.0 Å². The van der Waals surface area contributed by atoms with E-state index in [1.165, 1.54) is 13.2 Å². The van der Waals surface area contributed by atoms with Gasteiger partial charge in [-0.15, -0.1) is 0 Å². The Balaban J connectivity index is 1.83. The number of rotatable bonds is 6. The highest BCUT2D eigenvalue weighted by Crippen LogP contribution is 2.37. The molecule has 0 atom stereocenters. The number of para-hydroxylation sites is 1. The average molecular weight is 384 g/mol. The van der Waals surface area contributed by atoms with Gasteiger partial charge in [-0.2, -0.15) is 0 Å². The summed E-state index contributed by atoms with van der Waals surface area (Å²) in [6.45, 7) is 2.05. The topological polar surface area (TPSA) is 30.8 Å². The van der Waals surface area contributed by atoms with Gasteiger partial charge < -0.3 is 9.47 Å². The predicted molar refractivity (Wildman–Crippen MR) is 107 cm³/mol. The minimum absolute atomic E-state index is 0.0550. The summed E-state index contributed by atoms with van der Waals surface area (Å²) in [6.07, 6.45) is 1.72. The second-order valence-electron chi connectivity index (χ2n) is 5.96. The number of aliphatic imine (C=N–C) groups is 1. The number of methoxy groups -OCH3 is 1. The fraction of sp³-hybridized carbons (Fsp3) is 0.136. The zero-order valence-corrected chi connectivity index (χ0v) is 15.8. The Bertz CT molecular complexity index is 972. The molecular formula is C22H19ClFNO2. The van der Waals surface area contributed by atoms with E-state index in [9.17, 15) is 4.39 Å². The van der Waals surface area contributed by atoms with Gasteiger partial charge >= 0.3 is 0 Å². The molecule has 0 bridgehead atoms. The van der Waals surface area contributed by atoms with Crippen LogP contribution in [0, 0.1) is 12.7 Å². The predicted octanol–water partition coefficient (Wildman–Crippen LogP) is 6.13. The van der Waals surface area contributed by atoms with Gasteiger partial charge in [0.25, 0.3) is 0 Å². The van der Waals surface area contributed by atoms with Gasteiger partial charge in [0.15, 0.2) is 11.5 Å². The first kappa shape index (κ1) is 18.9. The Kier molecular flexibility index (Phi) is 6.09. The van der Waals surface area contributed by atoms with E-state index in [-0.39, 0.29) is 12.4 Å². The van der Waals surface area contributed by atoms with E-state index in [0.717, 1.165) is 16.8 Å². The van der Waals surface area contributed by atoms with Crippen molar-refractivity contribution in [1.82, 2.24) is 0 Å². The van der Waals surface area contributed by atoms with Crippen LogP contribution in [0.25, 0.3) is 0 Å². The Morgan fingerprint density at radius 1 is 1.07 bits per heavy atom. The van der Waals surface area contributed by atoms with Crippen LogP contribution >= 0.6 is 11.6 Å². The van der Waals surface area contributed by atoms with Gasteiger partial charge in [-0.05, 0) is 42.3 Å². The Labute approximate surface area is 163 Å². The van der Waals surface area contributed by atoms with Gasteiger partial charge in [-0.3, -0.25) is 4.99 Å². The lowest BCUT2D eigenvalue weighted by atomic mass is 10.2. The number of hydrogen-bond acceptors (Lipinski definition) is 3. The molecule has 0 amide bonds. The molecule has 0 N–H and O–H groups in total. The lowest BCUT2D eigenvalue weighted by Gasteiger charge is -2.13. The smallest absolute Gasteiger partial charge is 0.180 e. The normalized spacial score (nSPS) is 11.0. The highest BCUT2D eigenvalue weighted by Gasteiger charge is 2.13. The van der Waals surface area contributed by atoms with Crippen molar-refractivity contribution >= 4 is 23.5 Å². The van der Waals surface area contributed by atoms with Crippen molar-refractivity contribution in [2.75, 3.05) is 7.11 Å². The van der Waals surface area contributed by atoms with E-state index in [2.05, 4.69) is 4.99 Å². The summed E-state index contributed by atoms with van der Waals surface area (Å²) in [5.41, 5.74) is 3.18. The Morgan fingerprint density at radius 2 is 1.81 bits per heavy atom. The van der Waals surface area contributed by atoms with Crippen molar-refractivity contribution in [3.8, 4) is 11.5 Å². The summed E-state index contributed by atoms with van der Waals surface area (Å²) in [4.78, 5) is 4.50. The SMILES string of the molecule is COc1cc(C=Nc2ccccc2C)cc(Cl)c1OCc1ccccc1F. The van der Waals surface area contributed by atoms with Crippen molar-refractivity contribution in [1.29, 1.82) is 0 Å². The standard InChI is InChI=1S/C22H19ClFNO2/c1-15-7-3-6-10-20(15)25-13-16-11-18(23)22(21(12-16)26-2)27-14-17-8-4-5-9-19(17)24/h3-13H,14H2,1-2H3. The van der Waals surface area contributed by atoms with E-state index in [4.69, 9.17) is 21.1 Å². The van der Waals surface area contributed by atoms with Crippen molar-refractivity contribution in [2.45, 2.75) is 13.5 Å². The third-order valence-corrected chi connectivity index (χ3v) is 4.33. The zero-order chi connectivity index (χ0) is 19.2. The second-order valence-corrected chi connectivity index (χ2v) is 6.37. The highest BCUT2D eigenvalue weighted by atomic mass is 35.5. The first-order valence-corrected chi connectivity index (χ1v) is 8.79. The van der Waals surface area contributed by atoms with Crippen LogP contribution in [0.5, 0.6) is 11.5 Å². The number of benzene rings is 3. The monoisotopic (exact) mass is 383 g/mol. The summed E-state index contributed by atoms with van der Waals surface area (Å²) in [6, 6.07) is 17.8. The number of halogens is 2. The fourth-order valence-electron chi connectivity index (χ4n) is 2.57. The van der Waals surface area contributed by atoms with Crippen LogP contribution in [0.15, 0.2) is 65.7 Å². The van der Waals surface area contributed by atoms with Crippen molar-refractivity contribution in [3.05, 3.63) is 88.2 Å². The number of hydrogen-bond donors (Lipinski definition) is 0. The molecule has 0 saturated heterocycles. The molecule has 0 aromatic heterocycles. The third kappa shape index (κ3) is 4.66. The maximum atomic E-state index is 13.8. The highest BCUT2D eigenvalue weighted by molar-refractivity contribution is 6.32. The lowest BCUT2D eigenvalue weighted by Crippen LogP contribution is -2.01. The summed E-state index contributed by atoms with van der Waals surface area (Å²) in [7, 11) is 1.53. The zero-order valence-electron chi connectivity index (χ0n) is 15.1. The fourth-order valence-corrected chi connectivity index (χ4v) is 2.85. The molecule has 138 valence electrons. The molecule has 0 aliphatic rings. The molecule has 0 unspecified atom stereocenters. The van der Waals surface area contributed by atoms with E-state index >= 15 is 0 Å². The average Bonchev–Trinajstić information content (AvgIpc) is 2.67. The summed E-state index contributed by atoms with van der Waals surface area (Å²) >= 11 is 6.37. The summed E-state index contributed by atoms with van der Waals surface area (Å²) in [5, 5.41) is 0.372. The molecule has 3 nitrogen and oxygen atoms in total. The van der Waals surface area contributed by atoms with E-state index < -0.39 is 0 Å². The van der Waals surface area contributed by atoms with Crippen LogP contribution in [-0.4, -0.2) is 13.3 Å².